The Labute approximate surface area is 94.1 Å². The van der Waals surface area contributed by atoms with Crippen molar-refractivity contribution in [1.82, 2.24) is 9.80 Å². The highest BCUT2D eigenvalue weighted by Crippen LogP contribution is 2.10. The van der Waals surface area contributed by atoms with Crippen LogP contribution in [0.25, 0.3) is 0 Å². The number of amides is 2. The van der Waals surface area contributed by atoms with E-state index in [1.165, 1.54) is 4.90 Å². The average molecular weight is 228 g/mol. The molecule has 2 fully saturated rings. The molecule has 2 aliphatic heterocycles. The molecule has 0 bridgehead atoms. The summed E-state index contributed by atoms with van der Waals surface area (Å²) in [6.45, 7) is 3.38. The van der Waals surface area contributed by atoms with Gasteiger partial charge in [-0.05, 0) is 12.8 Å². The summed E-state index contributed by atoms with van der Waals surface area (Å²) in [5.41, 5.74) is 0. The first kappa shape index (κ1) is 11.2. The Morgan fingerprint density at radius 2 is 1.38 bits per heavy atom. The third-order valence-corrected chi connectivity index (χ3v) is 2.81. The summed E-state index contributed by atoms with van der Waals surface area (Å²) >= 11 is 0. The van der Waals surface area contributed by atoms with Gasteiger partial charge in [0.1, 0.15) is 0 Å². The quantitative estimate of drug-likeness (QED) is 0.572. The molecule has 6 nitrogen and oxygen atoms in total. The highest BCUT2D eigenvalue weighted by molar-refractivity contribution is 5.83. The molecule has 2 amide bonds. The summed E-state index contributed by atoms with van der Waals surface area (Å²) in [6, 6.07) is 0. The number of nitrogens with zero attached hydrogens (tertiary/aromatic N) is 2. The van der Waals surface area contributed by atoms with Crippen molar-refractivity contribution >= 4 is 12.2 Å². The molecule has 0 aliphatic carbocycles. The molecule has 0 saturated carbocycles. The number of hydrogen-bond acceptors (Lipinski definition) is 4. The van der Waals surface area contributed by atoms with Gasteiger partial charge in [0.25, 0.3) is 0 Å². The lowest BCUT2D eigenvalue weighted by atomic mass is 10.4. The van der Waals surface area contributed by atoms with Crippen LogP contribution in [0.3, 0.4) is 0 Å². The van der Waals surface area contributed by atoms with E-state index in [1.54, 1.807) is 4.90 Å². The van der Waals surface area contributed by atoms with Crippen LogP contribution in [-0.4, -0.2) is 61.4 Å². The Balaban J connectivity index is 1.79. The highest BCUT2D eigenvalue weighted by atomic mass is 16.6. The Morgan fingerprint density at radius 1 is 0.875 bits per heavy atom. The number of carbonyl (C=O) groups excluding carboxylic acids is 2. The maximum Gasteiger partial charge on any atom is 0.418 e. The van der Waals surface area contributed by atoms with Gasteiger partial charge in [-0.3, -0.25) is 0 Å². The molecular formula is C10H16N2O4. The Kier molecular flexibility index (Phi) is 3.61. The van der Waals surface area contributed by atoms with Crippen LogP contribution in [0, 0.1) is 0 Å². The Bertz CT molecular complexity index is 270. The van der Waals surface area contributed by atoms with E-state index < -0.39 is 12.2 Å². The zero-order valence-corrected chi connectivity index (χ0v) is 9.18. The van der Waals surface area contributed by atoms with E-state index in [1.807, 2.05) is 0 Å². The maximum absolute atomic E-state index is 11.6. The van der Waals surface area contributed by atoms with Crippen LogP contribution in [0.15, 0.2) is 0 Å². The minimum atomic E-state index is -0.555. The first-order valence-electron chi connectivity index (χ1n) is 5.61. The predicted molar refractivity (Wildman–Crippen MR) is 55.1 cm³/mol. The molecule has 0 atom stereocenters. The van der Waals surface area contributed by atoms with Crippen molar-refractivity contribution < 1.29 is 19.1 Å². The van der Waals surface area contributed by atoms with E-state index >= 15 is 0 Å². The fraction of sp³-hybridized carbons (Fsp3) is 0.800. The molecule has 16 heavy (non-hydrogen) atoms. The lowest BCUT2D eigenvalue weighted by Crippen LogP contribution is -2.43. The lowest BCUT2D eigenvalue weighted by Gasteiger charge is -2.26. The van der Waals surface area contributed by atoms with Crippen molar-refractivity contribution in [2.24, 2.45) is 0 Å². The van der Waals surface area contributed by atoms with Crippen LogP contribution in [0.1, 0.15) is 12.8 Å². The molecule has 0 aromatic carbocycles. The van der Waals surface area contributed by atoms with Crippen molar-refractivity contribution in [3.8, 4) is 0 Å². The third kappa shape index (κ3) is 2.63. The standard InChI is InChI=1S/C10H16N2O4/c13-9(11-3-1-2-4-11)16-10(14)12-5-7-15-8-6-12/h1-8H2. The molecule has 2 heterocycles. The summed E-state index contributed by atoms with van der Waals surface area (Å²) in [5, 5.41) is 0. The Hall–Kier alpha value is -1.30. The zero-order valence-electron chi connectivity index (χ0n) is 9.18. The summed E-state index contributed by atoms with van der Waals surface area (Å²) in [7, 11) is 0. The topological polar surface area (TPSA) is 59.1 Å². The molecule has 0 radical (unpaired) electrons. The number of rotatable bonds is 0. The number of likely N-dealkylation sites (tertiary alicyclic amines) is 1. The predicted octanol–water partition coefficient (Wildman–Crippen LogP) is 0.671. The monoisotopic (exact) mass is 228 g/mol. The van der Waals surface area contributed by atoms with Gasteiger partial charge in [0.2, 0.25) is 0 Å². The van der Waals surface area contributed by atoms with Gasteiger partial charge in [-0.25, -0.2) is 9.59 Å². The van der Waals surface area contributed by atoms with Crippen LogP contribution in [0.2, 0.25) is 0 Å². The van der Waals surface area contributed by atoms with Crippen molar-refractivity contribution in [3.63, 3.8) is 0 Å². The van der Waals surface area contributed by atoms with E-state index in [9.17, 15) is 9.59 Å². The minimum absolute atomic E-state index is 0.492. The minimum Gasteiger partial charge on any atom is -0.378 e. The summed E-state index contributed by atoms with van der Waals surface area (Å²) < 4.78 is 9.90. The van der Waals surface area contributed by atoms with E-state index in [-0.39, 0.29) is 0 Å². The van der Waals surface area contributed by atoms with Crippen molar-refractivity contribution in [1.29, 1.82) is 0 Å². The molecule has 90 valence electrons. The van der Waals surface area contributed by atoms with Crippen LogP contribution >= 0.6 is 0 Å². The molecular weight excluding hydrogens is 212 g/mol. The highest BCUT2D eigenvalue weighted by Gasteiger charge is 2.25. The first-order valence-corrected chi connectivity index (χ1v) is 5.61. The summed E-state index contributed by atoms with van der Waals surface area (Å²) in [6.07, 6.45) is 0.899. The summed E-state index contributed by atoms with van der Waals surface area (Å²) in [4.78, 5) is 26.2. The molecule has 0 spiro atoms. The van der Waals surface area contributed by atoms with Gasteiger partial charge < -0.3 is 19.3 Å². The van der Waals surface area contributed by atoms with Gasteiger partial charge in [-0.1, -0.05) is 0 Å². The largest absolute Gasteiger partial charge is 0.418 e. The summed E-state index contributed by atoms with van der Waals surface area (Å²) in [5.74, 6) is 0. The van der Waals surface area contributed by atoms with E-state index in [0.29, 0.717) is 39.4 Å². The maximum atomic E-state index is 11.6. The van der Waals surface area contributed by atoms with E-state index in [4.69, 9.17) is 9.47 Å². The molecule has 0 N–H and O–H groups in total. The van der Waals surface area contributed by atoms with Gasteiger partial charge in [-0.2, -0.15) is 0 Å². The average Bonchev–Trinajstić information content (AvgIpc) is 2.83. The lowest BCUT2D eigenvalue weighted by molar-refractivity contribution is 0.0320. The second-order valence-electron chi connectivity index (χ2n) is 3.93. The van der Waals surface area contributed by atoms with Gasteiger partial charge in [0, 0.05) is 26.2 Å². The van der Waals surface area contributed by atoms with Crippen LogP contribution in [0.5, 0.6) is 0 Å². The zero-order chi connectivity index (χ0) is 11.4. The second-order valence-corrected chi connectivity index (χ2v) is 3.93. The number of hydrogen-bond donors (Lipinski definition) is 0. The molecule has 6 heteroatoms. The second kappa shape index (κ2) is 5.16. The number of carbonyl (C=O) groups is 2. The molecule has 2 aliphatic rings. The van der Waals surface area contributed by atoms with E-state index in [2.05, 4.69) is 0 Å². The fourth-order valence-electron chi connectivity index (χ4n) is 1.85. The van der Waals surface area contributed by atoms with E-state index in [0.717, 1.165) is 12.8 Å². The third-order valence-electron chi connectivity index (χ3n) is 2.81. The van der Waals surface area contributed by atoms with Gasteiger partial charge in [0.15, 0.2) is 0 Å². The SMILES string of the molecule is O=C(OC(=O)N1CCOCC1)N1CCCC1. The fourth-order valence-corrected chi connectivity index (χ4v) is 1.85. The smallest absolute Gasteiger partial charge is 0.378 e. The van der Waals surface area contributed by atoms with Crippen molar-refractivity contribution in [2.75, 3.05) is 39.4 Å². The van der Waals surface area contributed by atoms with Crippen LogP contribution in [0.4, 0.5) is 9.59 Å². The van der Waals surface area contributed by atoms with Gasteiger partial charge >= 0.3 is 12.2 Å². The Morgan fingerprint density at radius 3 is 1.94 bits per heavy atom. The molecule has 2 rings (SSSR count). The molecule has 0 aromatic rings. The normalized spacial score (nSPS) is 21.0. The number of morpholine rings is 1. The van der Waals surface area contributed by atoms with Crippen molar-refractivity contribution in [3.05, 3.63) is 0 Å². The number of ether oxygens (including phenoxy) is 2. The van der Waals surface area contributed by atoms with Crippen molar-refractivity contribution in [2.45, 2.75) is 12.8 Å². The van der Waals surface area contributed by atoms with Crippen LogP contribution < -0.4 is 0 Å². The molecule has 0 aromatic heterocycles. The first-order chi connectivity index (χ1) is 7.77. The molecule has 0 unspecified atom stereocenters. The van der Waals surface area contributed by atoms with Gasteiger partial charge in [-0.15, -0.1) is 0 Å². The van der Waals surface area contributed by atoms with Crippen LogP contribution in [-0.2, 0) is 9.47 Å². The molecule has 2 saturated heterocycles. The van der Waals surface area contributed by atoms with Gasteiger partial charge in [0.05, 0.1) is 13.2 Å².